The quantitative estimate of drug-likeness (QED) is 0.834. The molecule has 1 atom stereocenters. The van der Waals surface area contributed by atoms with Gasteiger partial charge in [-0.15, -0.1) is 11.8 Å². The molecule has 2 heterocycles. The molecule has 0 saturated carbocycles. The summed E-state index contributed by atoms with van der Waals surface area (Å²) in [6.45, 7) is 1.94. The number of hydrogen-bond acceptors (Lipinski definition) is 3. The van der Waals surface area contributed by atoms with Crippen molar-refractivity contribution in [3.63, 3.8) is 0 Å². The number of fused-ring (bicyclic) bond motifs is 1. The molecular formula is C20H21FN2OS. The predicted octanol–water partition coefficient (Wildman–Crippen LogP) is 3.85. The third kappa shape index (κ3) is 3.25. The number of carbonyl (C=O) groups is 1. The van der Waals surface area contributed by atoms with E-state index in [2.05, 4.69) is 23.1 Å². The van der Waals surface area contributed by atoms with Crippen LogP contribution in [0.2, 0.25) is 0 Å². The summed E-state index contributed by atoms with van der Waals surface area (Å²) in [4.78, 5) is 17.0. The topological polar surface area (TPSA) is 23.6 Å². The van der Waals surface area contributed by atoms with Crippen LogP contribution in [0.3, 0.4) is 0 Å². The Morgan fingerprint density at radius 1 is 1.12 bits per heavy atom. The van der Waals surface area contributed by atoms with E-state index in [4.69, 9.17) is 0 Å². The lowest BCUT2D eigenvalue weighted by Crippen LogP contribution is -2.42. The minimum absolute atomic E-state index is 0.0787. The van der Waals surface area contributed by atoms with Crippen molar-refractivity contribution < 1.29 is 9.18 Å². The highest BCUT2D eigenvalue weighted by molar-refractivity contribution is 7.99. The first-order valence-corrected chi connectivity index (χ1v) is 9.77. The van der Waals surface area contributed by atoms with Crippen LogP contribution in [0.1, 0.15) is 22.9 Å². The highest BCUT2D eigenvalue weighted by Gasteiger charge is 2.33. The number of anilines is 1. The van der Waals surface area contributed by atoms with Gasteiger partial charge in [0.25, 0.3) is 0 Å². The highest BCUT2D eigenvalue weighted by atomic mass is 32.2. The number of benzene rings is 2. The van der Waals surface area contributed by atoms with Gasteiger partial charge in [0.2, 0.25) is 5.91 Å². The summed E-state index contributed by atoms with van der Waals surface area (Å²) >= 11 is 1.64. The van der Waals surface area contributed by atoms with Gasteiger partial charge >= 0.3 is 0 Å². The van der Waals surface area contributed by atoms with E-state index in [0.717, 1.165) is 30.8 Å². The SMILES string of the molecule is O=C(CN1CCCc2ccccc21)N1CCSC1c1ccccc1F. The molecule has 130 valence electrons. The second-order valence-corrected chi connectivity index (χ2v) is 7.67. The number of rotatable bonds is 3. The van der Waals surface area contributed by atoms with E-state index in [1.165, 1.54) is 11.6 Å². The minimum atomic E-state index is -0.233. The minimum Gasteiger partial charge on any atom is -0.362 e. The Labute approximate surface area is 151 Å². The van der Waals surface area contributed by atoms with Gasteiger partial charge in [0.1, 0.15) is 11.2 Å². The number of thioether (sulfide) groups is 1. The molecule has 2 aliphatic rings. The number of para-hydroxylation sites is 1. The molecule has 1 saturated heterocycles. The Hall–Kier alpha value is -2.01. The van der Waals surface area contributed by atoms with Crippen LogP contribution >= 0.6 is 11.8 Å². The standard InChI is InChI=1S/C20H21FN2OS/c21-17-9-3-2-8-16(17)20-23(12-13-25-20)19(24)14-22-11-5-7-15-6-1-4-10-18(15)22/h1-4,6,8-10,20H,5,7,11-14H2. The van der Waals surface area contributed by atoms with Crippen molar-refractivity contribution in [3.05, 3.63) is 65.5 Å². The van der Waals surface area contributed by atoms with Crippen LogP contribution in [0.4, 0.5) is 10.1 Å². The molecule has 25 heavy (non-hydrogen) atoms. The maximum absolute atomic E-state index is 14.2. The largest absolute Gasteiger partial charge is 0.362 e. The molecule has 2 aromatic carbocycles. The molecule has 1 unspecified atom stereocenters. The lowest BCUT2D eigenvalue weighted by Gasteiger charge is -2.33. The molecule has 0 aromatic heterocycles. The molecule has 1 fully saturated rings. The highest BCUT2D eigenvalue weighted by Crippen LogP contribution is 2.39. The van der Waals surface area contributed by atoms with E-state index in [9.17, 15) is 9.18 Å². The lowest BCUT2D eigenvalue weighted by molar-refractivity contribution is -0.129. The van der Waals surface area contributed by atoms with E-state index < -0.39 is 0 Å². The van der Waals surface area contributed by atoms with Gasteiger partial charge in [0, 0.05) is 30.1 Å². The fraction of sp³-hybridized carbons (Fsp3) is 0.350. The molecule has 0 N–H and O–H groups in total. The van der Waals surface area contributed by atoms with Crippen molar-refractivity contribution in [2.45, 2.75) is 18.2 Å². The summed E-state index contributed by atoms with van der Waals surface area (Å²) in [7, 11) is 0. The van der Waals surface area contributed by atoms with Gasteiger partial charge in [0.05, 0.1) is 6.54 Å². The van der Waals surface area contributed by atoms with E-state index in [1.54, 1.807) is 23.9 Å². The zero-order chi connectivity index (χ0) is 17.2. The Bertz CT molecular complexity index is 782. The molecule has 0 bridgehead atoms. The first-order valence-electron chi connectivity index (χ1n) is 8.72. The Kier molecular flexibility index (Phi) is 4.66. The van der Waals surface area contributed by atoms with Crippen LogP contribution in [0.5, 0.6) is 0 Å². The summed E-state index contributed by atoms with van der Waals surface area (Å²) in [5.41, 5.74) is 3.08. The second kappa shape index (κ2) is 7.08. The summed E-state index contributed by atoms with van der Waals surface area (Å²) in [5.74, 6) is 0.694. The van der Waals surface area contributed by atoms with Crippen molar-refractivity contribution in [1.29, 1.82) is 0 Å². The second-order valence-electron chi connectivity index (χ2n) is 6.49. The summed E-state index contributed by atoms with van der Waals surface area (Å²) in [5, 5.41) is -0.214. The zero-order valence-corrected chi connectivity index (χ0v) is 14.8. The van der Waals surface area contributed by atoms with Crippen molar-refractivity contribution in [1.82, 2.24) is 4.90 Å². The molecular weight excluding hydrogens is 335 g/mol. The molecule has 2 aliphatic heterocycles. The summed E-state index contributed by atoms with van der Waals surface area (Å²) in [6, 6.07) is 15.1. The fourth-order valence-electron chi connectivity index (χ4n) is 3.69. The Morgan fingerprint density at radius 3 is 2.80 bits per heavy atom. The van der Waals surface area contributed by atoms with E-state index in [0.29, 0.717) is 18.7 Å². The molecule has 0 spiro atoms. The van der Waals surface area contributed by atoms with Gasteiger partial charge in [-0.1, -0.05) is 36.4 Å². The predicted molar refractivity (Wildman–Crippen MR) is 100 cm³/mol. The number of halogens is 1. The van der Waals surface area contributed by atoms with Gasteiger partial charge < -0.3 is 9.80 Å². The van der Waals surface area contributed by atoms with Crippen molar-refractivity contribution in [2.24, 2.45) is 0 Å². The molecule has 0 radical (unpaired) electrons. The maximum Gasteiger partial charge on any atom is 0.243 e. The Balaban J connectivity index is 1.53. The molecule has 3 nitrogen and oxygen atoms in total. The van der Waals surface area contributed by atoms with Crippen LogP contribution in [-0.4, -0.2) is 36.2 Å². The van der Waals surface area contributed by atoms with Gasteiger partial charge in [-0.2, -0.15) is 0 Å². The number of aryl methyl sites for hydroxylation is 1. The maximum atomic E-state index is 14.2. The molecule has 0 aliphatic carbocycles. The normalized spacial score (nSPS) is 19.8. The van der Waals surface area contributed by atoms with Gasteiger partial charge in [-0.25, -0.2) is 4.39 Å². The van der Waals surface area contributed by atoms with E-state index in [-0.39, 0.29) is 17.1 Å². The molecule has 2 aromatic rings. The monoisotopic (exact) mass is 356 g/mol. The molecule has 1 amide bonds. The average Bonchev–Trinajstić information content (AvgIpc) is 3.12. The zero-order valence-electron chi connectivity index (χ0n) is 14.0. The summed E-state index contributed by atoms with van der Waals surface area (Å²) < 4.78 is 14.2. The number of hydrogen-bond donors (Lipinski definition) is 0. The lowest BCUT2D eigenvalue weighted by atomic mass is 10.0. The first-order chi connectivity index (χ1) is 12.2. The average molecular weight is 356 g/mol. The van der Waals surface area contributed by atoms with Crippen LogP contribution < -0.4 is 4.90 Å². The van der Waals surface area contributed by atoms with Gasteiger partial charge in [-0.3, -0.25) is 4.79 Å². The van der Waals surface area contributed by atoms with Crippen LogP contribution in [0, 0.1) is 5.82 Å². The third-order valence-corrected chi connectivity index (χ3v) is 6.16. The van der Waals surface area contributed by atoms with Crippen molar-refractivity contribution in [3.8, 4) is 0 Å². The number of carbonyl (C=O) groups excluding carboxylic acids is 1. The van der Waals surface area contributed by atoms with Gasteiger partial charge in [0.15, 0.2) is 0 Å². The fourth-order valence-corrected chi connectivity index (χ4v) is 4.99. The van der Waals surface area contributed by atoms with Crippen LogP contribution in [-0.2, 0) is 11.2 Å². The van der Waals surface area contributed by atoms with Crippen molar-refractivity contribution >= 4 is 23.4 Å². The number of amides is 1. The van der Waals surface area contributed by atoms with Crippen LogP contribution in [0.25, 0.3) is 0 Å². The molecule has 5 heteroatoms. The van der Waals surface area contributed by atoms with Gasteiger partial charge in [-0.05, 0) is 30.5 Å². The van der Waals surface area contributed by atoms with Crippen LogP contribution in [0.15, 0.2) is 48.5 Å². The first kappa shape index (κ1) is 16.5. The van der Waals surface area contributed by atoms with Crippen molar-refractivity contribution in [2.75, 3.05) is 30.3 Å². The Morgan fingerprint density at radius 2 is 1.92 bits per heavy atom. The summed E-state index contributed by atoms with van der Waals surface area (Å²) in [6.07, 6.45) is 2.13. The molecule has 4 rings (SSSR count). The third-order valence-electron chi connectivity index (χ3n) is 4.92. The smallest absolute Gasteiger partial charge is 0.243 e. The number of nitrogens with zero attached hydrogens (tertiary/aromatic N) is 2. The van der Waals surface area contributed by atoms with E-state index >= 15 is 0 Å². The van der Waals surface area contributed by atoms with E-state index in [1.807, 2.05) is 17.0 Å².